The van der Waals surface area contributed by atoms with E-state index < -0.39 is 0 Å². The molecule has 3 aliphatic rings. The summed E-state index contributed by atoms with van der Waals surface area (Å²) < 4.78 is 5.49. The minimum Gasteiger partial charge on any atom is -0.444 e. The van der Waals surface area contributed by atoms with Crippen molar-refractivity contribution >= 4 is 6.09 Å². The molecular weight excluding hydrogens is 276 g/mol. The van der Waals surface area contributed by atoms with Gasteiger partial charge in [-0.15, -0.1) is 0 Å². The third-order valence-electron chi connectivity index (χ3n) is 5.72. The van der Waals surface area contributed by atoms with E-state index in [2.05, 4.69) is 4.90 Å². The molecule has 126 valence electrons. The van der Waals surface area contributed by atoms with Crippen LogP contribution in [-0.2, 0) is 4.74 Å². The molecule has 1 amide bonds. The number of carbonyl (C=O) groups is 1. The summed E-state index contributed by atoms with van der Waals surface area (Å²) in [6.07, 6.45) is 9.09. The van der Waals surface area contributed by atoms with E-state index in [1.165, 1.54) is 45.2 Å². The van der Waals surface area contributed by atoms with Gasteiger partial charge in [-0.2, -0.15) is 0 Å². The standard InChI is InChI=1S/C18H32N2O2/c1-17(2,3)22-16(21)20-11-7-18(8-12-20)13-15(14-18)19-9-5-4-6-10-19/h15H,4-14H2,1-3H3. The minimum atomic E-state index is -0.387. The monoisotopic (exact) mass is 308 g/mol. The summed E-state index contributed by atoms with van der Waals surface area (Å²) in [5.74, 6) is 0. The molecule has 0 aromatic rings. The van der Waals surface area contributed by atoms with Gasteiger partial charge in [0, 0.05) is 19.1 Å². The van der Waals surface area contributed by atoms with Crippen molar-refractivity contribution in [1.29, 1.82) is 0 Å². The lowest BCUT2D eigenvalue weighted by Crippen LogP contribution is -2.56. The van der Waals surface area contributed by atoms with E-state index in [1.54, 1.807) is 0 Å². The van der Waals surface area contributed by atoms with Gasteiger partial charge in [0.25, 0.3) is 0 Å². The molecule has 1 spiro atoms. The number of amides is 1. The fraction of sp³-hybridized carbons (Fsp3) is 0.944. The third-order valence-corrected chi connectivity index (χ3v) is 5.72. The number of rotatable bonds is 1. The molecule has 4 heteroatoms. The van der Waals surface area contributed by atoms with Crippen LogP contribution in [0.5, 0.6) is 0 Å². The van der Waals surface area contributed by atoms with Crippen molar-refractivity contribution in [2.24, 2.45) is 5.41 Å². The van der Waals surface area contributed by atoms with E-state index >= 15 is 0 Å². The average Bonchev–Trinajstić information content (AvgIpc) is 2.44. The van der Waals surface area contributed by atoms with Gasteiger partial charge in [-0.05, 0) is 77.8 Å². The Morgan fingerprint density at radius 2 is 1.59 bits per heavy atom. The first kappa shape index (κ1) is 16.1. The second kappa shape index (κ2) is 6.03. The van der Waals surface area contributed by atoms with E-state index in [0.29, 0.717) is 5.41 Å². The Morgan fingerprint density at radius 3 is 2.14 bits per heavy atom. The molecule has 0 atom stereocenters. The number of ether oxygens (including phenoxy) is 1. The molecule has 3 fully saturated rings. The highest BCUT2D eigenvalue weighted by Gasteiger charge is 2.48. The second-order valence-electron chi connectivity index (χ2n) is 8.63. The van der Waals surface area contributed by atoms with Crippen molar-refractivity contribution in [3.8, 4) is 0 Å². The molecule has 0 unspecified atom stereocenters. The lowest BCUT2D eigenvalue weighted by atomic mass is 9.60. The van der Waals surface area contributed by atoms with Crippen LogP contribution in [0.25, 0.3) is 0 Å². The van der Waals surface area contributed by atoms with E-state index in [-0.39, 0.29) is 11.7 Å². The van der Waals surface area contributed by atoms with Gasteiger partial charge in [0.15, 0.2) is 0 Å². The first-order chi connectivity index (χ1) is 10.4. The zero-order chi connectivity index (χ0) is 15.8. The summed E-state index contributed by atoms with van der Waals surface area (Å²) in [6.45, 7) is 10.2. The van der Waals surface area contributed by atoms with E-state index in [0.717, 1.165) is 32.0 Å². The Kier molecular flexibility index (Phi) is 4.41. The normalized spacial score (nSPS) is 26.8. The minimum absolute atomic E-state index is 0.130. The summed E-state index contributed by atoms with van der Waals surface area (Å²) in [7, 11) is 0. The fourth-order valence-corrected chi connectivity index (χ4v) is 4.38. The summed E-state index contributed by atoms with van der Waals surface area (Å²) in [4.78, 5) is 16.8. The predicted octanol–water partition coefficient (Wildman–Crippen LogP) is 3.65. The van der Waals surface area contributed by atoms with E-state index in [9.17, 15) is 4.79 Å². The van der Waals surface area contributed by atoms with Gasteiger partial charge in [-0.25, -0.2) is 4.79 Å². The van der Waals surface area contributed by atoms with Gasteiger partial charge in [-0.3, -0.25) is 0 Å². The number of carbonyl (C=O) groups excluding carboxylic acids is 1. The maximum Gasteiger partial charge on any atom is 0.410 e. The van der Waals surface area contributed by atoms with Crippen LogP contribution in [0, 0.1) is 5.41 Å². The van der Waals surface area contributed by atoms with Crippen molar-refractivity contribution < 1.29 is 9.53 Å². The SMILES string of the molecule is CC(C)(C)OC(=O)N1CCC2(CC1)CC(N1CCCCC1)C2. The molecule has 0 aromatic heterocycles. The number of hydrogen-bond donors (Lipinski definition) is 0. The van der Waals surface area contributed by atoms with Crippen LogP contribution in [0.3, 0.4) is 0 Å². The maximum atomic E-state index is 12.1. The predicted molar refractivity (Wildman–Crippen MR) is 87.9 cm³/mol. The van der Waals surface area contributed by atoms with Gasteiger partial charge in [0.05, 0.1) is 0 Å². The fourth-order valence-electron chi connectivity index (χ4n) is 4.38. The zero-order valence-electron chi connectivity index (χ0n) is 14.6. The number of hydrogen-bond acceptors (Lipinski definition) is 3. The van der Waals surface area contributed by atoms with Crippen LogP contribution < -0.4 is 0 Å². The van der Waals surface area contributed by atoms with Gasteiger partial charge < -0.3 is 14.5 Å². The molecule has 0 N–H and O–H groups in total. The van der Waals surface area contributed by atoms with Crippen LogP contribution in [0.15, 0.2) is 0 Å². The summed E-state index contributed by atoms with van der Waals surface area (Å²) in [5, 5.41) is 0. The van der Waals surface area contributed by atoms with Gasteiger partial charge in [0.2, 0.25) is 0 Å². The summed E-state index contributed by atoms with van der Waals surface area (Å²) >= 11 is 0. The lowest BCUT2D eigenvalue weighted by molar-refractivity contribution is -0.0518. The van der Waals surface area contributed by atoms with Crippen LogP contribution in [0.1, 0.15) is 65.7 Å². The van der Waals surface area contributed by atoms with E-state index in [1.807, 2.05) is 25.7 Å². The van der Waals surface area contributed by atoms with Crippen LogP contribution in [0.4, 0.5) is 4.79 Å². The first-order valence-electron chi connectivity index (χ1n) is 9.09. The molecular formula is C18H32N2O2. The van der Waals surface area contributed by atoms with Crippen LogP contribution in [-0.4, -0.2) is 53.7 Å². The van der Waals surface area contributed by atoms with Crippen molar-refractivity contribution in [3.05, 3.63) is 0 Å². The van der Waals surface area contributed by atoms with Gasteiger partial charge in [-0.1, -0.05) is 6.42 Å². The van der Waals surface area contributed by atoms with Crippen LogP contribution >= 0.6 is 0 Å². The molecule has 1 aliphatic carbocycles. The number of piperidine rings is 2. The summed E-state index contributed by atoms with van der Waals surface area (Å²) in [5.41, 5.74) is 0.142. The third kappa shape index (κ3) is 3.58. The quantitative estimate of drug-likeness (QED) is 0.741. The highest BCUT2D eigenvalue weighted by Crippen LogP contribution is 2.51. The smallest absolute Gasteiger partial charge is 0.410 e. The number of nitrogens with zero attached hydrogens (tertiary/aromatic N) is 2. The molecule has 1 saturated carbocycles. The molecule has 4 nitrogen and oxygen atoms in total. The molecule has 0 bridgehead atoms. The first-order valence-corrected chi connectivity index (χ1v) is 9.09. The van der Waals surface area contributed by atoms with Crippen LogP contribution in [0.2, 0.25) is 0 Å². The highest BCUT2D eigenvalue weighted by atomic mass is 16.6. The van der Waals surface area contributed by atoms with Crippen molar-refractivity contribution in [2.45, 2.75) is 77.4 Å². The molecule has 3 rings (SSSR count). The lowest BCUT2D eigenvalue weighted by Gasteiger charge is -2.55. The van der Waals surface area contributed by atoms with Gasteiger partial charge >= 0.3 is 6.09 Å². The largest absolute Gasteiger partial charge is 0.444 e. The van der Waals surface area contributed by atoms with Crippen molar-refractivity contribution in [1.82, 2.24) is 9.80 Å². The Hall–Kier alpha value is -0.770. The molecule has 2 aliphatic heterocycles. The average molecular weight is 308 g/mol. The Balaban J connectivity index is 1.44. The molecule has 2 saturated heterocycles. The highest BCUT2D eigenvalue weighted by molar-refractivity contribution is 5.68. The second-order valence-corrected chi connectivity index (χ2v) is 8.63. The van der Waals surface area contributed by atoms with E-state index in [4.69, 9.17) is 4.74 Å². The van der Waals surface area contributed by atoms with Crippen molar-refractivity contribution in [3.63, 3.8) is 0 Å². The zero-order valence-corrected chi connectivity index (χ0v) is 14.6. The Labute approximate surface area is 135 Å². The summed E-state index contributed by atoms with van der Waals surface area (Å²) in [6, 6.07) is 0.827. The maximum absolute atomic E-state index is 12.1. The van der Waals surface area contributed by atoms with Crippen molar-refractivity contribution in [2.75, 3.05) is 26.2 Å². The Morgan fingerprint density at radius 1 is 1.00 bits per heavy atom. The molecule has 2 heterocycles. The Bertz CT molecular complexity index is 394. The molecule has 0 aromatic carbocycles. The van der Waals surface area contributed by atoms with Gasteiger partial charge in [0.1, 0.15) is 5.60 Å². The molecule has 0 radical (unpaired) electrons. The topological polar surface area (TPSA) is 32.8 Å². The molecule has 22 heavy (non-hydrogen) atoms. The number of likely N-dealkylation sites (tertiary alicyclic amines) is 2.